The summed E-state index contributed by atoms with van der Waals surface area (Å²) in [5.41, 5.74) is 0.635. The Morgan fingerprint density at radius 2 is 1.57 bits per heavy atom. The van der Waals surface area contributed by atoms with Crippen molar-refractivity contribution in [3.05, 3.63) is 0 Å². The maximum Gasteiger partial charge on any atom is 0.0113 e. The van der Waals surface area contributed by atoms with Crippen molar-refractivity contribution in [2.45, 2.75) is 45.6 Å². The fraction of sp³-hybridized carbons (Fsp3) is 1.00. The Bertz CT molecular complexity index is 360. The van der Waals surface area contributed by atoms with Crippen LogP contribution >= 0.6 is 0 Å². The van der Waals surface area contributed by atoms with Gasteiger partial charge in [-0.05, 0) is 78.2 Å². The van der Waals surface area contributed by atoms with Crippen molar-refractivity contribution in [3.63, 3.8) is 0 Å². The Morgan fingerprint density at radius 3 is 2.22 bits per heavy atom. The van der Waals surface area contributed by atoms with E-state index in [-0.39, 0.29) is 0 Å². The Balaban J connectivity index is 1.35. The molecule has 3 aliphatic heterocycles. The van der Waals surface area contributed by atoms with Crippen molar-refractivity contribution in [2.75, 3.05) is 72.5 Å². The quantitative estimate of drug-likeness (QED) is 0.765. The molecule has 0 bridgehead atoms. The summed E-state index contributed by atoms with van der Waals surface area (Å²) in [5, 5.41) is 0. The van der Waals surface area contributed by atoms with Crippen LogP contribution in [-0.2, 0) is 0 Å². The fourth-order valence-electron chi connectivity index (χ4n) is 5.01. The Morgan fingerprint density at radius 1 is 0.826 bits per heavy atom. The summed E-state index contributed by atoms with van der Waals surface area (Å²) in [6, 6.07) is 0.714. The van der Waals surface area contributed by atoms with Gasteiger partial charge < -0.3 is 14.7 Å². The lowest BCUT2D eigenvalue weighted by atomic mass is 9.79. The second kappa shape index (κ2) is 7.81. The van der Waals surface area contributed by atoms with Gasteiger partial charge in [0.25, 0.3) is 0 Å². The van der Waals surface area contributed by atoms with Gasteiger partial charge in [-0.2, -0.15) is 0 Å². The standard InChI is InChI=1S/C19H38N4/c1-18(2)23-14-12-21(13-15-23)9-5-10-22-8-4-6-19(17-22)7-11-20(3)16-19/h18H,4-17H2,1-3H3/t19-/m1/s1. The average Bonchev–Trinajstić information content (AvgIpc) is 2.88. The Hall–Kier alpha value is -0.160. The number of piperidine rings is 1. The summed E-state index contributed by atoms with van der Waals surface area (Å²) in [5.74, 6) is 0. The van der Waals surface area contributed by atoms with Gasteiger partial charge >= 0.3 is 0 Å². The van der Waals surface area contributed by atoms with Crippen LogP contribution in [0.15, 0.2) is 0 Å². The molecule has 1 spiro atoms. The predicted molar refractivity (Wildman–Crippen MR) is 98.0 cm³/mol. The maximum absolute atomic E-state index is 2.77. The van der Waals surface area contributed by atoms with Crippen LogP contribution in [0.4, 0.5) is 0 Å². The first-order chi connectivity index (χ1) is 11.1. The molecule has 0 saturated carbocycles. The molecule has 0 aromatic heterocycles. The molecule has 3 aliphatic rings. The summed E-state index contributed by atoms with van der Waals surface area (Å²) in [6.45, 7) is 17.7. The van der Waals surface area contributed by atoms with Gasteiger partial charge in [-0.15, -0.1) is 0 Å². The maximum atomic E-state index is 2.77. The fourth-order valence-corrected chi connectivity index (χ4v) is 5.01. The lowest BCUT2D eigenvalue weighted by molar-refractivity contribution is 0.0813. The van der Waals surface area contributed by atoms with Gasteiger partial charge in [-0.25, -0.2) is 0 Å². The van der Waals surface area contributed by atoms with E-state index in [2.05, 4.69) is 40.5 Å². The monoisotopic (exact) mass is 322 g/mol. The minimum absolute atomic E-state index is 0.635. The summed E-state index contributed by atoms with van der Waals surface area (Å²) in [6.07, 6.45) is 5.66. The van der Waals surface area contributed by atoms with Crippen molar-refractivity contribution < 1.29 is 0 Å². The Labute approximate surface area is 143 Å². The smallest absolute Gasteiger partial charge is 0.0113 e. The van der Waals surface area contributed by atoms with Crippen LogP contribution in [0.5, 0.6) is 0 Å². The molecule has 0 radical (unpaired) electrons. The highest BCUT2D eigenvalue weighted by atomic mass is 15.3. The highest BCUT2D eigenvalue weighted by Gasteiger charge is 2.39. The molecule has 0 aromatic rings. The van der Waals surface area contributed by atoms with Gasteiger partial charge in [0.2, 0.25) is 0 Å². The van der Waals surface area contributed by atoms with E-state index in [1.54, 1.807) is 0 Å². The normalized spacial score (nSPS) is 32.3. The van der Waals surface area contributed by atoms with Crippen molar-refractivity contribution in [3.8, 4) is 0 Å². The molecule has 4 heteroatoms. The second-order valence-electron chi connectivity index (χ2n) is 8.69. The van der Waals surface area contributed by atoms with Crippen LogP contribution in [0.1, 0.15) is 39.5 Å². The predicted octanol–water partition coefficient (Wildman–Crippen LogP) is 1.82. The third-order valence-electron chi connectivity index (χ3n) is 6.46. The summed E-state index contributed by atoms with van der Waals surface area (Å²) in [7, 11) is 2.30. The minimum atomic E-state index is 0.635. The van der Waals surface area contributed by atoms with Gasteiger partial charge in [0.15, 0.2) is 0 Å². The zero-order valence-electron chi connectivity index (χ0n) is 15.8. The molecule has 0 unspecified atom stereocenters. The molecule has 0 N–H and O–H groups in total. The SMILES string of the molecule is CC(C)N1CCN(CCCN2CCC[C@]3(CCN(C)C3)C2)CC1. The molecule has 0 aromatic carbocycles. The molecule has 3 rings (SSSR count). The first kappa shape index (κ1) is 17.7. The molecular weight excluding hydrogens is 284 g/mol. The van der Waals surface area contributed by atoms with Crippen molar-refractivity contribution >= 4 is 0 Å². The number of likely N-dealkylation sites (tertiary alicyclic amines) is 2. The first-order valence-corrected chi connectivity index (χ1v) is 9.94. The zero-order valence-corrected chi connectivity index (χ0v) is 15.8. The Kier molecular flexibility index (Phi) is 6.00. The molecule has 1 atom stereocenters. The van der Waals surface area contributed by atoms with Crippen molar-refractivity contribution in [1.29, 1.82) is 0 Å². The number of nitrogens with zero attached hydrogens (tertiary/aromatic N) is 4. The number of hydrogen-bond donors (Lipinski definition) is 0. The van der Waals surface area contributed by atoms with Crippen LogP contribution in [-0.4, -0.2) is 98.1 Å². The van der Waals surface area contributed by atoms with E-state index in [4.69, 9.17) is 0 Å². The van der Waals surface area contributed by atoms with Crippen LogP contribution < -0.4 is 0 Å². The van der Waals surface area contributed by atoms with Crippen LogP contribution in [0.3, 0.4) is 0 Å². The van der Waals surface area contributed by atoms with Gasteiger partial charge in [-0.1, -0.05) is 0 Å². The minimum Gasteiger partial charge on any atom is -0.306 e. The van der Waals surface area contributed by atoms with E-state index in [0.29, 0.717) is 11.5 Å². The lowest BCUT2D eigenvalue weighted by Gasteiger charge is -2.41. The molecule has 4 nitrogen and oxygen atoms in total. The van der Waals surface area contributed by atoms with Gasteiger partial charge in [0, 0.05) is 45.3 Å². The molecule has 0 aliphatic carbocycles. The molecule has 23 heavy (non-hydrogen) atoms. The number of piperazine rings is 1. The van der Waals surface area contributed by atoms with Crippen LogP contribution in [0.25, 0.3) is 0 Å². The number of hydrogen-bond acceptors (Lipinski definition) is 4. The molecule has 0 amide bonds. The third-order valence-corrected chi connectivity index (χ3v) is 6.46. The highest BCUT2D eigenvalue weighted by Crippen LogP contribution is 2.38. The van der Waals surface area contributed by atoms with E-state index < -0.39 is 0 Å². The van der Waals surface area contributed by atoms with Crippen molar-refractivity contribution in [2.24, 2.45) is 5.41 Å². The lowest BCUT2D eigenvalue weighted by Crippen LogP contribution is -2.49. The van der Waals surface area contributed by atoms with Gasteiger partial charge in [0.1, 0.15) is 0 Å². The molecule has 3 heterocycles. The van der Waals surface area contributed by atoms with Crippen LogP contribution in [0, 0.1) is 5.41 Å². The molecular formula is C19H38N4. The van der Waals surface area contributed by atoms with E-state index >= 15 is 0 Å². The highest BCUT2D eigenvalue weighted by molar-refractivity contribution is 4.94. The first-order valence-electron chi connectivity index (χ1n) is 9.94. The van der Waals surface area contributed by atoms with Crippen molar-refractivity contribution in [1.82, 2.24) is 19.6 Å². The van der Waals surface area contributed by atoms with Gasteiger partial charge in [-0.3, -0.25) is 4.90 Å². The third kappa shape index (κ3) is 4.68. The zero-order chi connectivity index (χ0) is 16.3. The van der Waals surface area contributed by atoms with E-state index in [9.17, 15) is 0 Å². The molecule has 3 fully saturated rings. The molecule has 134 valence electrons. The van der Waals surface area contributed by atoms with Gasteiger partial charge in [0.05, 0.1) is 0 Å². The molecule has 3 saturated heterocycles. The van der Waals surface area contributed by atoms with Crippen LogP contribution in [0.2, 0.25) is 0 Å². The van der Waals surface area contributed by atoms with E-state index in [0.717, 1.165) is 0 Å². The average molecular weight is 323 g/mol. The largest absolute Gasteiger partial charge is 0.306 e. The topological polar surface area (TPSA) is 13.0 Å². The summed E-state index contributed by atoms with van der Waals surface area (Å²) < 4.78 is 0. The second-order valence-corrected chi connectivity index (χ2v) is 8.69. The number of rotatable bonds is 5. The summed E-state index contributed by atoms with van der Waals surface area (Å²) in [4.78, 5) is 10.6. The summed E-state index contributed by atoms with van der Waals surface area (Å²) >= 11 is 0. The van der Waals surface area contributed by atoms with E-state index in [1.807, 2.05) is 0 Å². The van der Waals surface area contributed by atoms with E-state index in [1.165, 1.54) is 91.1 Å².